The third-order valence-electron chi connectivity index (χ3n) is 3.92. The summed E-state index contributed by atoms with van der Waals surface area (Å²) < 4.78 is 5.39. The Morgan fingerprint density at radius 1 is 1.36 bits per heavy atom. The molecule has 136 valence electrons. The molecule has 8 heteroatoms. The molecule has 0 unspecified atom stereocenters. The Morgan fingerprint density at radius 2 is 2.08 bits per heavy atom. The zero-order valence-electron chi connectivity index (χ0n) is 14.3. The SMILES string of the molecule is CCSCCOC(=O)C1=C(C)N(C)C(=O)N[C@H]1c1ccc(Cl)c(Cl)c1. The summed E-state index contributed by atoms with van der Waals surface area (Å²) in [7, 11) is 1.61. The second-order valence-corrected chi connectivity index (χ2v) is 7.66. The lowest BCUT2D eigenvalue weighted by atomic mass is 9.95. The summed E-state index contributed by atoms with van der Waals surface area (Å²) in [6.07, 6.45) is 0. The fourth-order valence-electron chi connectivity index (χ4n) is 2.46. The lowest BCUT2D eigenvalue weighted by Gasteiger charge is -2.33. The molecule has 2 rings (SSSR count). The van der Waals surface area contributed by atoms with Crippen LogP contribution in [0.2, 0.25) is 10.0 Å². The van der Waals surface area contributed by atoms with Crippen LogP contribution in [0.1, 0.15) is 25.5 Å². The molecule has 5 nitrogen and oxygen atoms in total. The van der Waals surface area contributed by atoms with Crippen LogP contribution in [0.5, 0.6) is 0 Å². The summed E-state index contributed by atoms with van der Waals surface area (Å²) in [5.74, 6) is 1.25. The van der Waals surface area contributed by atoms with Gasteiger partial charge in [0, 0.05) is 18.5 Å². The van der Waals surface area contributed by atoms with Crippen LogP contribution in [0, 0.1) is 0 Å². The molecule has 0 spiro atoms. The molecular weight excluding hydrogens is 383 g/mol. The van der Waals surface area contributed by atoms with E-state index in [1.165, 1.54) is 4.90 Å². The number of urea groups is 1. The minimum Gasteiger partial charge on any atom is -0.461 e. The van der Waals surface area contributed by atoms with Gasteiger partial charge in [0.2, 0.25) is 0 Å². The van der Waals surface area contributed by atoms with Crippen LogP contribution in [-0.2, 0) is 9.53 Å². The van der Waals surface area contributed by atoms with E-state index in [-0.39, 0.29) is 6.03 Å². The van der Waals surface area contributed by atoms with Crippen LogP contribution >= 0.6 is 35.0 Å². The molecule has 0 aliphatic carbocycles. The third-order valence-corrected chi connectivity index (χ3v) is 5.52. The van der Waals surface area contributed by atoms with Gasteiger partial charge in [-0.25, -0.2) is 9.59 Å². The van der Waals surface area contributed by atoms with Gasteiger partial charge in [-0.1, -0.05) is 36.2 Å². The van der Waals surface area contributed by atoms with Crippen molar-refractivity contribution in [2.75, 3.05) is 25.2 Å². The highest BCUT2D eigenvalue weighted by Crippen LogP contribution is 2.33. The van der Waals surface area contributed by atoms with E-state index in [2.05, 4.69) is 5.32 Å². The largest absolute Gasteiger partial charge is 0.461 e. The maximum atomic E-state index is 12.6. The molecule has 1 N–H and O–H groups in total. The first-order valence-electron chi connectivity index (χ1n) is 7.81. The van der Waals surface area contributed by atoms with Crippen molar-refractivity contribution in [3.8, 4) is 0 Å². The highest BCUT2D eigenvalue weighted by atomic mass is 35.5. The van der Waals surface area contributed by atoms with Crippen molar-refractivity contribution >= 4 is 47.0 Å². The number of rotatable bonds is 6. The van der Waals surface area contributed by atoms with Crippen molar-refractivity contribution in [2.24, 2.45) is 0 Å². The minimum atomic E-state index is -0.634. The molecule has 1 aromatic carbocycles. The maximum Gasteiger partial charge on any atom is 0.338 e. The Morgan fingerprint density at radius 3 is 2.72 bits per heavy atom. The smallest absolute Gasteiger partial charge is 0.338 e. The van der Waals surface area contributed by atoms with Gasteiger partial charge < -0.3 is 15.0 Å². The second kappa shape index (κ2) is 8.83. The van der Waals surface area contributed by atoms with Gasteiger partial charge in [-0.2, -0.15) is 11.8 Å². The molecule has 1 atom stereocenters. The van der Waals surface area contributed by atoms with Crippen LogP contribution in [0.3, 0.4) is 0 Å². The number of ether oxygens (including phenoxy) is 1. The molecule has 1 aliphatic heterocycles. The molecule has 0 saturated carbocycles. The molecule has 1 aromatic rings. The number of nitrogens with zero attached hydrogens (tertiary/aromatic N) is 1. The number of carbonyl (C=O) groups is 2. The standard InChI is InChI=1S/C17H20Cl2N2O3S/c1-4-25-8-7-24-16(22)14-10(2)21(3)17(23)20-15(14)11-5-6-12(18)13(19)9-11/h5-6,9,15H,4,7-8H2,1-3H3,(H,20,23)/t15-/m0/s1. The molecule has 0 radical (unpaired) electrons. The Hall–Kier alpha value is -1.37. The van der Waals surface area contributed by atoms with E-state index in [4.69, 9.17) is 27.9 Å². The summed E-state index contributed by atoms with van der Waals surface area (Å²) in [6, 6.07) is 4.09. The summed E-state index contributed by atoms with van der Waals surface area (Å²) in [5, 5.41) is 3.58. The lowest BCUT2D eigenvalue weighted by molar-refractivity contribution is -0.139. The monoisotopic (exact) mass is 402 g/mol. The van der Waals surface area contributed by atoms with Gasteiger partial charge in [0.1, 0.15) is 6.61 Å². The molecule has 0 bridgehead atoms. The number of carbonyl (C=O) groups excluding carboxylic acids is 2. The summed E-state index contributed by atoms with van der Waals surface area (Å²) >= 11 is 13.7. The van der Waals surface area contributed by atoms with Crippen molar-refractivity contribution in [1.82, 2.24) is 10.2 Å². The van der Waals surface area contributed by atoms with E-state index in [0.29, 0.717) is 33.5 Å². The van der Waals surface area contributed by atoms with Crippen molar-refractivity contribution in [3.05, 3.63) is 45.1 Å². The number of hydrogen-bond donors (Lipinski definition) is 1. The highest BCUT2D eigenvalue weighted by Gasteiger charge is 2.35. The Labute approximate surface area is 161 Å². The summed E-state index contributed by atoms with van der Waals surface area (Å²) in [6.45, 7) is 4.09. The van der Waals surface area contributed by atoms with Crippen molar-refractivity contribution in [3.63, 3.8) is 0 Å². The number of nitrogens with one attached hydrogen (secondary N) is 1. The molecule has 0 fully saturated rings. The van der Waals surface area contributed by atoms with E-state index in [9.17, 15) is 9.59 Å². The van der Waals surface area contributed by atoms with Gasteiger partial charge in [-0.05, 0) is 30.4 Å². The van der Waals surface area contributed by atoms with Gasteiger partial charge in [-0.3, -0.25) is 0 Å². The Balaban J connectivity index is 2.33. The second-order valence-electron chi connectivity index (χ2n) is 5.45. The first kappa shape index (κ1) is 19.9. The first-order valence-corrected chi connectivity index (χ1v) is 9.72. The molecule has 0 aromatic heterocycles. The van der Waals surface area contributed by atoms with Crippen molar-refractivity contribution in [2.45, 2.75) is 19.9 Å². The van der Waals surface area contributed by atoms with Gasteiger partial charge in [0.05, 0.1) is 21.7 Å². The summed E-state index contributed by atoms with van der Waals surface area (Å²) in [5.41, 5.74) is 1.61. The maximum absolute atomic E-state index is 12.6. The Bertz CT molecular complexity index is 709. The molecule has 0 saturated heterocycles. The van der Waals surface area contributed by atoms with E-state index < -0.39 is 12.0 Å². The van der Waals surface area contributed by atoms with Crippen LogP contribution in [0.4, 0.5) is 4.79 Å². The third kappa shape index (κ3) is 4.63. The number of allylic oxidation sites excluding steroid dienone is 1. The zero-order chi connectivity index (χ0) is 18.6. The number of benzene rings is 1. The topological polar surface area (TPSA) is 58.6 Å². The van der Waals surface area contributed by atoms with Gasteiger partial charge in [-0.15, -0.1) is 0 Å². The number of amides is 2. The van der Waals surface area contributed by atoms with E-state index >= 15 is 0 Å². The fourth-order valence-corrected chi connectivity index (χ4v) is 3.25. The first-order chi connectivity index (χ1) is 11.9. The number of halogens is 2. The van der Waals surface area contributed by atoms with Gasteiger partial charge in [0.15, 0.2) is 0 Å². The van der Waals surface area contributed by atoms with Crippen LogP contribution in [-0.4, -0.2) is 42.1 Å². The van der Waals surface area contributed by atoms with E-state index in [1.807, 2.05) is 6.92 Å². The molecular formula is C17H20Cl2N2O3S. The number of hydrogen-bond acceptors (Lipinski definition) is 4. The molecule has 1 heterocycles. The highest BCUT2D eigenvalue weighted by molar-refractivity contribution is 7.99. The minimum absolute atomic E-state index is 0.299. The fraction of sp³-hybridized carbons (Fsp3) is 0.412. The predicted octanol–water partition coefficient (Wildman–Crippen LogP) is 4.26. The van der Waals surface area contributed by atoms with Gasteiger partial charge in [0.25, 0.3) is 0 Å². The van der Waals surface area contributed by atoms with Crippen molar-refractivity contribution in [1.29, 1.82) is 0 Å². The quantitative estimate of drug-likeness (QED) is 0.570. The molecule has 2 amide bonds. The summed E-state index contributed by atoms with van der Waals surface area (Å²) in [4.78, 5) is 26.2. The van der Waals surface area contributed by atoms with Crippen LogP contribution < -0.4 is 5.32 Å². The predicted molar refractivity (Wildman–Crippen MR) is 102 cm³/mol. The van der Waals surface area contributed by atoms with Gasteiger partial charge >= 0.3 is 12.0 Å². The lowest BCUT2D eigenvalue weighted by Crippen LogP contribution is -2.46. The normalized spacial score (nSPS) is 17.6. The van der Waals surface area contributed by atoms with Crippen molar-refractivity contribution < 1.29 is 14.3 Å². The average molecular weight is 403 g/mol. The zero-order valence-corrected chi connectivity index (χ0v) is 16.6. The Kier molecular flexibility index (Phi) is 7.04. The number of esters is 1. The van der Waals surface area contributed by atoms with Crippen LogP contribution in [0.25, 0.3) is 0 Å². The van der Waals surface area contributed by atoms with Crippen LogP contribution in [0.15, 0.2) is 29.5 Å². The van der Waals surface area contributed by atoms with E-state index in [1.54, 1.807) is 43.9 Å². The molecule has 1 aliphatic rings. The average Bonchev–Trinajstić information content (AvgIpc) is 2.58. The molecule has 25 heavy (non-hydrogen) atoms. The number of thioether (sulfide) groups is 1. The van der Waals surface area contributed by atoms with E-state index in [0.717, 1.165) is 11.5 Å².